The number of aryl methyl sites for hydroxylation is 1. The summed E-state index contributed by atoms with van der Waals surface area (Å²) in [6, 6.07) is 10.5. The van der Waals surface area contributed by atoms with Crippen molar-refractivity contribution >= 4 is 5.97 Å². The van der Waals surface area contributed by atoms with Gasteiger partial charge >= 0.3 is 5.97 Å². The zero-order chi connectivity index (χ0) is 12.4. The van der Waals surface area contributed by atoms with Gasteiger partial charge in [0.15, 0.2) is 0 Å². The van der Waals surface area contributed by atoms with Crippen LogP contribution < -0.4 is 0 Å². The van der Waals surface area contributed by atoms with Gasteiger partial charge in [0.1, 0.15) is 5.69 Å². The molecule has 0 unspecified atom stereocenters. The molecule has 0 aliphatic heterocycles. The molecule has 0 spiro atoms. The van der Waals surface area contributed by atoms with Crippen LogP contribution in [0.5, 0.6) is 0 Å². The Balaban J connectivity index is 2.58. The minimum Gasteiger partial charge on any atom is -0.477 e. The first-order valence-corrected chi connectivity index (χ1v) is 4.90. The minimum absolute atomic E-state index is 0.0905. The van der Waals surface area contributed by atoms with Crippen molar-refractivity contribution in [2.24, 2.45) is 7.05 Å². The van der Waals surface area contributed by atoms with Crippen molar-refractivity contribution in [2.45, 2.75) is 0 Å². The third-order valence-electron chi connectivity index (χ3n) is 2.42. The summed E-state index contributed by atoms with van der Waals surface area (Å²) in [5, 5.41) is 22.0. The Morgan fingerprint density at radius 1 is 1.47 bits per heavy atom. The van der Waals surface area contributed by atoms with Gasteiger partial charge in [-0.3, -0.25) is 4.68 Å². The van der Waals surface area contributed by atoms with Gasteiger partial charge in [-0.05, 0) is 12.1 Å². The van der Waals surface area contributed by atoms with E-state index >= 15 is 0 Å². The van der Waals surface area contributed by atoms with Crippen molar-refractivity contribution in [3.05, 3.63) is 41.6 Å². The summed E-state index contributed by atoms with van der Waals surface area (Å²) in [5.41, 5.74) is 1.69. The lowest BCUT2D eigenvalue weighted by Crippen LogP contribution is -2.04. The third kappa shape index (κ3) is 1.88. The number of carboxylic acid groups (broad SMARTS) is 1. The van der Waals surface area contributed by atoms with Crippen molar-refractivity contribution in [1.82, 2.24) is 9.78 Å². The highest BCUT2D eigenvalue weighted by atomic mass is 16.4. The molecule has 0 saturated heterocycles. The number of aromatic nitrogens is 2. The third-order valence-corrected chi connectivity index (χ3v) is 2.42. The van der Waals surface area contributed by atoms with E-state index in [1.165, 1.54) is 10.7 Å². The lowest BCUT2D eigenvalue weighted by Gasteiger charge is -1.98. The number of carboxylic acids is 1. The quantitative estimate of drug-likeness (QED) is 0.846. The molecule has 84 valence electrons. The average molecular weight is 227 g/mol. The van der Waals surface area contributed by atoms with E-state index in [1.54, 1.807) is 31.3 Å². The predicted molar refractivity (Wildman–Crippen MR) is 60.3 cm³/mol. The van der Waals surface area contributed by atoms with Crippen LogP contribution in [0.4, 0.5) is 0 Å². The van der Waals surface area contributed by atoms with E-state index in [0.29, 0.717) is 16.8 Å². The van der Waals surface area contributed by atoms with Crippen molar-refractivity contribution in [2.75, 3.05) is 0 Å². The van der Waals surface area contributed by atoms with Crippen LogP contribution in [0.3, 0.4) is 0 Å². The summed E-state index contributed by atoms with van der Waals surface area (Å²) in [5.74, 6) is -1.04. The topological polar surface area (TPSA) is 78.9 Å². The molecular formula is C12H9N3O2. The molecule has 0 atom stereocenters. The van der Waals surface area contributed by atoms with Crippen molar-refractivity contribution < 1.29 is 9.90 Å². The smallest absolute Gasteiger partial charge is 0.354 e. The molecule has 1 aromatic heterocycles. The summed E-state index contributed by atoms with van der Waals surface area (Å²) in [6.45, 7) is 0. The van der Waals surface area contributed by atoms with Gasteiger partial charge in [0.05, 0.1) is 17.3 Å². The normalized spacial score (nSPS) is 9.88. The molecular weight excluding hydrogens is 218 g/mol. The zero-order valence-electron chi connectivity index (χ0n) is 9.08. The highest BCUT2D eigenvalue weighted by molar-refractivity contribution is 5.87. The van der Waals surface area contributed by atoms with E-state index in [4.69, 9.17) is 10.4 Å². The maximum Gasteiger partial charge on any atom is 0.354 e. The summed E-state index contributed by atoms with van der Waals surface area (Å²) < 4.78 is 1.28. The van der Waals surface area contributed by atoms with Gasteiger partial charge in [0.2, 0.25) is 0 Å². The molecule has 1 aromatic carbocycles. The van der Waals surface area contributed by atoms with Gasteiger partial charge < -0.3 is 5.11 Å². The van der Waals surface area contributed by atoms with Crippen LogP contribution in [0.15, 0.2) is 30.3 Å². The second kappa shape index (κ2) is 4.10. The highest BCUT2D eigenvalue weighted by Crippen LogP contribution is 2.22. The molecule has 0 fully saturated rings. The maximum atomic E-state index is 10.9. The molecule has 0 bridgehead atoms. The van der Waals surface area contributed by atoms with Crippen LogP contribution in [-0.2, 0) is 7.05 Å². The molecule has 1 heterocycles. The van der Waals surface area contributed by atoms with Crippen LogP contribution in [-0.4, -0.2) is 20.9 Å². The van der Waals surface area contributed by atoms with Gasteiger partial charge in [0, 0.05) is 12.6 Å². The predicted octanol–water partition coefficient (Wildman–Crippen LogP) is 1.66. The van der Waals surface area contributed by atoms with Gasteiger partial charge in [0.25, 0.3) is 0 Å². The molecule has 0 saturated carbocycles. The number of hydrogen-bond acceptors (Lipinski definition) is 3. The number of nitriles is 1. The average Bonchev–Trinajstić information content (AvgIpc) is 2.71. The Hall–Kier alpha value is -2.61. The van der Waals surface area contributed by atoms with E-state index in [9.17, 15) is 4.79 Å². The first-order chi connectivity index (χ1) is 8.13. The van der Waals surface area contributed by atoms with Gasteiger partial charge in [-0.1, -0.05) is 18.2 Å². The summed E-state index contributed by atoms with van der Waals surface area (Å²) >= 11 is 0. The minimum atomic E-state index is -1.04. The molecule has 0 aliphatic rings. The van der Waals surface area contributed by atoms with Crippen molar-refractivity contribution in [3.8, 4) is 17.3 Å². The number of hydrogen-bond donors (Lipinski definition) is 1. The van der Waals surface area contributed by atoms with E-state index in [-0.39, 0.29) is 5.69 Å². The SMILES string of the molecule is Cn1nc(-c2ccccc2C#N)cc1C(=O)O. The van der Waals surface area contributed by atoms with Crippen LogP contribution in [0.25, 0.3) is 11.3 Å². The molecule has 5 heteroatoms. The Morgan fingerprint density at radius 2 is 2.18 bits per heavy atom. The second-order valence-electron chi connectivity index (χ2n) is 3.50. The Bertz CT molecular complexity index is 623. The van der Waals surface area contributed by atoms with Gasteiger partial charge in [-0.2, -0.15) is 10.4 Å². The first-order valence-electron chi connectivity index (χ1n) is 4.90. The number of nitrogens with zero attached hydrogens (tertiary/aromatic N) is 3. The fourth-order valence-corrected chi connectivity index (χ4v) is 1.60. The summed E-state index contributed by atoms with van der Waals surface area (Å²) in [4.78, 5) is 10.9. The molecule has 5 nitrogen and oxygen atoms in total. The Morgan fingerprint density at radius 3 is 2.76 bits per heavy atom. The number of aromatic carboxylic acids is 1. The summed E-state index contributed by atoms with van der Waals surface area (Å²) in [7, 11) is 1.56. The zero-order valence-corrected chi connectivity index (χ0v) is 9.08. The molecule has 2 rings (SSSR count). The van der Waals surface area contributed by atoms with E-state index in [1.807, 2.05) is 0 Å². The number of carbonyl (C=O) groups is 1. The fourth-order valence-electron chi connectivity index (χ4n) is 1.60. The molecule has 2 aromatic rings. The highest BCUT2D eigenvalue weighted by Gasteiger charge is 2.14. The number of benzene rings is 1. The monoisotopic (exact) mass is 227 g/mol. The molecule has 0 aliphatic carbocycles. The molecule has 1 N–H and O–H groups in total. The lowest BCUT2D eigenvalue weighted by atomic mass is 10.1. The lowest BCUT2D eigenvalue weighted by molar-refractivity contribution is 0.0685. The first kappa shape index (κ1) is 10.9. The van der Waals surface area contributed by atoms with Crippen molar-refractivity contribution in [1.29, 1.82) is 5.26 Å². The fraction of sp³-hybridized carbons (Fsp3) is 0.0833. The van der Waals surface area contributed by atoms with Crippen LogP contribution in [0.2, 0.25) is 0 Å². The van der Waals surface area contributed by atoms with Crippen LogP contribution >= 0.6 is 0 Å². The van der Waals surface area contributed by atoms with E-state index < -0.39 is 5.97 Å². The standard InChI is InChI=1S/C12H9N3O2/c1-15-11(12(16)17)6-10(14-15)9-5-3-2-4-8(9)7-13/h2-6H,1H3,(H,16,17). The largest absolute Gasteiger partial charge is 0.477 e. The van der Waals surface area contributed by atoms with Gasteiger partial charge in [-0.15, -0.1) is 0 Å². The summed E-state index contributed by atoms with van der Waals surface area (Å²) in [6.07, 6.45) is 0. The maximum absolute atomic E-state index is 10.9. The van der Waals surface area contributed by atoms with Gasteiger partial charge in [-0.25, -0.2) is 4.79 Å². The number of rotatable bonds is 2. The Kier molecular flexibility index (Phi) is 2.63. The van der Waals surface area contributed by atoms with E-state index in [0.717, 1.165) is 0 Å². The second-order valence-corrected chi connectivity index (χ2v) is 3.50. The molecule has 0 amide bonds. The van der Waals surface area contributed by atoms with E-state index in [2.05, 4.69) is 11.2 Å². The van der Waals surface area contributed by atoms with Crippen LogP contribution in [0.1, 0.15) is 16.1 Å². The molecule has 17 heavy (non-hydrogen) atoms. The van der Waals surface area contributed by atoms with Crippen molar-refractivity contribution in [3.63, 3.8) is 0 Å². The molecule has 0 radical (unpaired) electrons. The van der Waals surface area contributed by atoms with Crippen LogP contribution in [0, 0.1) is 11.3 Å². The Labute approximate surface area is 97.5 Å².